The van der Waals surface area contributed by atoms with Crippen molar-refractivity contribution in [3.05, 3.63) is 52.5 Å². The molecule has 0 aromatic heterocycles. The summed E-state index contributed by atoms with van der Waals surface area (Å²) in [5, 5.41) is 2.78. The van der Waals surface area contributed by atoms with Crippen molar-refractivity contribution < 1.29 is 14.3 Å². The smallest absolute Gasteiger partial charge is 0.262 e. The third-order valence-electron chi connectivity index (χ3n) is 3.27. The summed E-state index contributed by atoms with van der Waals surface area (Å²) in [6.45, 7) is 2.07. The summed E-state index contributed by atoms with van der Waals surface area (Å²) in [6.07, 6.45) is 2.11. The molecule has 1 N–H and O–H groups in total. The number of hydrogen-bond acceptors (Lipinski definition) is 3. The van der Waals surface area contributed by atoms with Crippen molar-refractivity contribution in [2.75, 3.05) is 19.0 Å². The standard InChI is InChI=1S/C18H20BrNO3/c1-3-6-13-9-10-16(14(19)11-13)23-12-18(21)20-15-7-4-5-8-17(15)22-2/h4-5,7-11H,3,6,12H2,1-2H3,(H,20,21). The van der Waals surface area contributed by atoms with Crippen molar-refractivity contribution in [1.82, 2.24) is 0 Å². The Labute approximate surface area is 144 Å². The lowest BCUT2D eigenvalue weighted by Crippen LogP contribution is -2.20. The van der Waals surface area contributed by atoms with E-state index in [4.69, 9.17) is 9.47 Å². The highest BCUT2D eigenvalue weighted by Gasteiger charge is 2.09. The monoisotopic (exact) mass is 377 g/mol. The first kappa shape index (κ1) is 17.3. The topological polar surface area (TPSA) is 47.6 Å². The molecule has 0 bridgehead atoms. The second-order valence-electron chi connectivity index (χ2n) is 5.05. The van der Waals surface area contributed by atoms with Crippen LogP contribution in [0.5, 0.6) is 11.5 Å². The van der Waals surface area contributed by atoms with E-state index >= 15 is 0 Å². The number of rotatable bonds is 7. The number of anilines is 1. The fourth-order valence-corrected chi connectivity index (χ4v) is 2.72. The molecule has 1 amide bonds. The minimum Gasteiger partial charge on any atom is -0.495 e. The molecule has 0 saturated heterocycles. The third kappa shape index (κ3) is 4.99. The van der Waals surface area contributed by atoms with E-state index in [-0.39, 0.29) is 12.5 Å². The Morgan fingerprint density at radius 2 is 1.96 bits per heavy atom. The first-order valence-electron chi connectivity index (χ1n) is 7.48. The van der Waals surface area contributed by atoms with Gasteiger partial charge in [-0.2, -0.15) is 0 Å². The number of nitrogens with one attached hydrogen (secondary N) is 1. The number of amides is 1. The Morgan fingerprint density at radius 3 is 2.65 bits per heavy atom. The number of aryl methyl sites for hydroxylation is 1. The van der Waals surface area contributed by atoms with Gasteiger partial charge in [0.1, 0.15) is 11.5 Å². The SMILES string of the molecule is CCCc1ccc(OCC(=O)Nc2ccccc2OC)c(Br)c1. The predicted molar refractivity (Wildman–Crippen MR) is 95.3 cm³/mol. The molecule has 0 radical (unpaired) electrons. The molecule has 0 spiro atoms. The van der Waals surface area contributed by atoms with Crippen LogP contribution in [0.4, 0.5) is 5.69 Å². The van der Waals surface area contributed by atoms with Crippen LogP contribution >= 0.6 is 15.9 Å². The predicted octanol–water partition coefficient (Wildman–Crippen LogP) is 4.43. The zero-order chi connectivity index (χ0) is 16.7. The van der Waals surface area contributed by atoms with Gasteiger partial charge >= 0.3 is 0 Å². The molecule has 0 atom stereocenters. The molecular formula is C18H20BrNO3. The van der Waals surface area contributed by atoms with Gasteiger partial charge in [0.15, 0.2) is 6.61 Å². The van der Waals surface area contributed by atoms with E-state index in [1.165, 1.54) is 5.56 Å². The molecule has 2 aromatic rings. The van der Waals surface area contributed by atoms with Crippen molar-refractivity contribution >= 4 is 27.5 Å². The summed E-state index contributed by atoms with van der Waals surface area (Å²) >= 11 is 3.48. The van der Waals surface area contributed by atoms with Gasteiger partial charge in [0.2, 0.25) is 0 Å². The average molecular weight is 378 g/mol. The maximum atomic E-state index is 12.0. The minimum atomic E-state index is -0.237. The van der Waals surface area contributed by atoms with Gasteiger partial charge in [-0.25, -0.2) is 0 Å². The third-order valence-corrected chi connectivity index (χ3v) is 3.89. The molecule has 23 heavy (non-hydrogen) atoms. The average Bonchev–Trinajstić information content (AvgIpc) is 2.55. The highest BCUT2D eigenvalue weighted by Crippen LogP contribution is 2.27. The number of hydrogen-bond donors (Lipinski definition) is 1. The molecule has 0 fully saturated rings. The zero-order valence-corrected chi connectivity index (χ0v) is 14.9. The second-order valence-corrected chi connectivity index (χ2v) is 5.91. The molecule has 0 aliphatic rings. The van der Waals surface area contributed by atoms with E-state index in [2.05, 4.69) is 28.2 Å². The molecule has 122 valence electrons. The molecule has 0 aliphatic heterocycles. The van der Waals surface area contributed by atoms with Gasteiger partial charge in [0.25, 0.3) is 5.91 Å². The highest BCUT2D eigenvalue weighted by atomic mass is 79.9. The maximum Gasteiger partial charge on any atom is 0.262 e. The molecule has 2 rings (SSSR count). The van der Waals surface area contributed by atoms with Crippen molar-refractivity contribution in [3.8, 4) is 11.5 Å². The van der Waals surface area contributed by atoms with Crippen LogP contribution in [0.3, 0.4) is 0 Å². The van der Waals surface area contributed by atoms with E-state index in [9.17, 15) is 4.79 Å². The zero-order valence-electron chi connectivity index (χ0n) is 13.3. The number of methoxy groups -OCH3 is 1. The van der Waals surface area contributed by atoms with Gasteiger partial charge in [-0.15, -0.1) is 0 Å². The van der Waals surface area contributed by atoms with Gasteiger partial charge in [0.05, 0.1) is 17.3 Å². The lowest BCUT2D eigenvalue weighted by molar-refractivity contribution is -0.118. The number of carbonyl (C=O) groups excluding carboxylic acids is 1. The lowest BCUT2D eigenvalue weighted by Gasteiger charge is -2.12. The molecular weight excluding hydrogens is 358 g/mol. The summed E-state index contributed by atoms with van der Waals surface area (Å²) in [6, 6.07) is 13.2. The molecule has 2 aromatic carbocycles. The number of carbonyl (C=O) groups is 1. The highest BCUT2D eigenvalue weighted by molar-refractivity contribution is 9.10. The Kier molecular flexibility index (Phi) is 6.47. The van der Waals surface area contributed by atoms with Crippen molar-refractivity contribution in [1.29, 1.82) is 0 Å². The van der Waals surface area contributed by atoms with E-state index in [1.807, 2.05) is 30.3 Å². The van der Waals surface area contributed by atoms with Crippen LogP contribution in [0.1, 0.15) is 18.9 Å². The Morgan fingerprint density at radius 1 is 1.17 bits per heavy atom. The van der Waals surface area contributed by atoms with E-state index in [0.29, 0.717) is 17.2 Å². The molecule has 0 aliphatic carbocycles. The van der Waals surface area contributed by atoms with Crippen molar-refractivity contribution in [2.45, 2.75) is 19.8 Å². The fraction of sp³-hybridized carbons (Fsp3) is 0.278. The van der Waals surface area contributed by atoms with E-state index in [0.717, 1.165) is 17.3 Å². The lowest BCUT2D eigenvalue weighted by atomic mass is 10.1. The molecule has 5 heteroatoms. The second kappa shape index (κ2) is 8.58. The van der Waals surface area contributed by atoms with Gasteiger partial charge in [-0.05, 0) is 52.2 Å². The van der Waals surface area contributed by atoms with Crippen LogP contribution in [0, 0.1) is 0 Å². The van der Waals surface area contributed by atoms with Crippen LogP contribution in [-0.4, -0.2) is 19.6 Å². The van der Waals surface area contributed by atoms with Gasteiger partial charge in [0, 0.05) is 0 Å². The largest absolute Gasteiger partial charge is 0.495 e. The Hall–Kier alpha value is -2.01. The van der Waals surface area contributed by atoms with Crippen LogP contribution in [0.2, 0.25) is 0 Å². The summed E-state index contributed by atoms with van der Waals surface area (Å²) in [5.74, 6) is 1.03. The molecule has 0 saturated carbocycles. The first-order chi connectivity index (χ1) is 11.1. The fourth-order valence-electron chi connectivity index (χ4n) is 2.18. The van der Waals surface area contributed by atoms with Crippen LogP contribution in [-0.2, 0) is 11.2 Å². The van der Waals surface area contributed by atoms with Crippen LogP contribution in [0.15, 0.2) is 46.9 Å². The summed E-state index contributed by atoms with van der Waals surface area (Å²) in [5.41, 5.74) is 1.87. The number of ether oxygens (including phenoxy) is 2. The summed E-state index contributed by atoms with van der Waals surface area (Å²) in [4.78, 5) is 12.0. The molecule has 4 nitrogen and oxygen atoms in total. The quantitative estimate of drug-likeness (QED) is 0.776. The van der Waals surface area contributed by atoms with E-state index in [1.54, 1.807) is 19.2 Å². The van der Waals surface area contributed by atoms with Gasteiger partial charge < -0.3 is 14.8 Å². The normalized spacial score (nSPS) is 10.2. The maximum absolute atomic E-state index is 12.0. The molecule has 0 unspecified atom stereocenters. The summed E-state index contributed by atoms with van der Waals surface area (Å²) < 4.78 is 11.6. The first-order valence-corrected chi connectivity index (χ1v) is 8.27. The van der Waals surface area contributed by atoms with Crippen LogP contribution in [0.25, 0.3) is 0 Å². The molecule has 0 heterocycles. The Balaban J connectivity index is 1.94. The van der Waals surface area contributed by atoms with Gasteiger partial charge in [-0.1, -0.05) is 31.5 Å². The van der Waals surface area contributed by atoms with Crippen molar-refractivity contribution in [2.24, 2.45) is 0 Å². The van der Waals surface area contributed by atoms with Crippen molar-refractivity contribution in [3.63, 3.8) is 0 Å². The van der Waals surface area contributed by atoms with E-state index < -0.39 is 0 Å². The number of para-hydroxylation sites is 2. The van der Waals surface area contributed by atoms with Gasteiger partial charge in [-0.3, -0.25) is 4.79 Å². The minimum absolute atomic E-state index is 0.0657. The van der Waals surface area contributed by atoms with Crippen LogP contribution < -0.4 is 14.8 Å². The number of halogens is 1. The summed E-state index contributed by atoms with van der Waals surface area (Å²) in [7, 11) is 1.57. The number of benzene rings is 2. The Bertz CT molecular complexity index is 673.